The van der Waals surface area contributed by atoms with Gasteiger partial charge in [-0.05, 0) is 12.0 Å². The number of carbonyl (C=O) groups excluding carboxylic acids is 2. The summed E-state index contributed by atoms with van der Waals surface area (Å²) in [5, 5.41) is 11.1. The Labute approximate surface area is 128 Å². The number of rotatable bonds is 9. The molecule has 1 aromatic rings. The van der Waals surface area contributed by atoms with E-state index in [2.05, 4.69) is 11.9 Å². The van der Waals surface area contributed by atoms with Gasteiger partial charge >= 0.3 is 12.1 Å². The predicted octanol–water partition coefficient (Wildman–Crippen LogP) is 1.94. The van der Waals surface area contributed by atoms with Gasteiger partial charge in [0.25, 0.3) is 0 Å². The fourth-order valence-corrected chi connectivity index (χ4v) is 1.82. The third kappa shape index (κ3) is 6.69. The van der Waals surface area contributed by atoms with Crippen molar-refractivity contribution < 1.29 is 24.2 Å². The van der Waals surface area contributed by atoms with Crippen molar-refractivity contribution in [1.29, 1.82) is 0 Å². The van der Waals surface area contributed by atoms with Gasteiger partial charge in [-0.3, -0.25) is 9.59 Å². The van der Waals surface area contributed by atoms with E-state index in [1.165, 1.54) is 6.08 Å². The monoisotopic (exact) mass is 305 g/mol. The number of nitrogens with one attached hydrogen (secondary N) is 1. The molecule has 0 saturated carbocycles. The molecule has 0 heterocycles. The minimum absolute atomic E-state index is 0.0101. The van der Waals surface area contributed by atoms with E-state index in [9.17, 15) is 14.4 Å². The van der Waals surface area contributed by atoms with Gasteiger partial charge in [0.2, 0.25) is 0 Å². The number of alkyl carbamates (subject to hydrolysis) is 1. The fourth-order valence-electron chi connectivity index (χ4n) is 1.82. The molecule has 0 radical (unpaired) electrons. The van der Waals surface area contributed by atoms with Crippen molar-refractivity contribution in [3.63, 3.8) is 0 Å². The summed E-state index contributed by atoms with van der Waals surface area (Å²) in [4.78, 5) is 34.4. The molecule has 1 amide bonds. The Kier molecular flexibility index (Phi) is 7.39. The lowest BCUT2D eigenvalue weighted by molar-refractivity contribution is -0.139. The predicted molar refractivity (Wildman–Crippen MR) is 80.5 cm³/mol. The van der Waals surface area contributed by atoms with Crippen LogP contribution in [-0.4, -0.2) is 35.6 Å². The Hall–Kier alpha value is -2.63. The maximum atomic E-state index is 12.1. The number of ketones is 1. The maximum Gasteiger partial charge on any atom is 0.408 e. The van der Waals surface area contributed by atoms with E-state index in [-0.39, 0.29) is 18.8 Å². The maximum absolute atomic E-state index is 12.1. The van der Waals surface area contributed by atoms with E-state index in [0.717, 1.165) is 5.56 Å². The minimum atomic E-state index is -1.16. The van der Waals surface area contributed by atoms with Crippen LogP contribution in [0.2, 0.25) is 0 Å². The number of hydrogen-bond acceptors (Lipinski definition) is 4. The second-order valence-electron chi connectivity index (χ2n) is 4.63. The molecular formula is C16H19NO5. The summed E-state index contributed by atoms with van der Waals surface area (Å²) in [6.07, 6.45) is 0.696. The van der Waals surface area contributed by atoms with Gasteiger partial charge in [0.15, 0.2) is 5.78 Å². The molecule has 1 atom stereocenters. The number of hydrogen-bond donors (Lipinski definition) is 2. The average Bonchev–Trinajstić information content (AvgIpc) is 2.50. The highest BCUT2D eigenvalue weighted by atomic mass is 16.5. The Balaban J connectivity index is 2.57. The molecule has 0 aromatic heterocycles. The summed E-state index contributed by atoms with van der Waals surface area (Å²) in [6.45, 7) is 3.38. The SMILES string of the molecule is C=CCOC(=O)NC(CC(=O)O)C(=O)CCc1ccccc1. The molecule has 0 saturated heterocycles. The van der Waals surface area contributed by atoms with Crippen LogP contribution in [0.4, 0.5) is 4.79 Å². The summed E-state index contributed by atoms with van der Waals surface area (Å²) >= 11 is 0. The van der Waals surface area contributed by atoms with Crippen molar-refractivity contribution in [2.24, 2.45) is 0 Å². The first-order valence-electron chi connectivity index (χ1n) is 6.85. The lowest BCUT2D eigenvalue weighted by Gasteiger charge is -2.15. The zero-order chi connectivity index (χ0) is 16.4. The van der Waals surface area contributed by atoms with Crippen molar-refractivity contribution in [2.75, 3.05) is 6.61 Å². The summed E-state index contributed by atoms with van der Waals surface area (Å²) < 4.78 is 4.70. The van der Waals surface area contributed by atoms with Crippen molar-refractivity contribution in [2.45, 2.75) is 25.3 Å². The molecule has 6 nitrogen and oxygen atoms in total. The average molecular weight is 305 g/mol. The largest absolute Gasteiger partial charge is 0.481 e. The van der Waals surface area contributed by atoms with Crippen LogP contribution in [0.25, 0.3) is 0 Å². The van der Waals surface area contributed by atoms with Crippen molar-refractivity contribution >= 4 is 17.8 Å². The van der Waals surface area contributed by atoms with E-state index in [0.29, 0.717) is 6.42 Å². The quantitative estimate of drug-likeness (QED) is 0.680. The zero-order valence-electron chi connectivity index (χ0n) is 12.2. The molecule has 0 aliphatic heterocycles. The summed E-state index contributed by atoms with van der Waals surface area (Å²) in [5.41, 5.74) is 0.971. The molecular weight excluding hydrogens is 286 g/mol. The van der Waals surface area contributed by atoms with Crippen LogP contribution in [-0.2, 0) is 20.7 Å². The Morgan fingerprint density at radius 1 is 1.27 bits per heavy atom. The van der Waals surface area contributed by atoms with Gasteiger partial charge in [-0.1, -0.05) is 43.0 Å². The molecule has 0 fully saturated rings. The minimum Gasteiger partial charge on any atom is -0.481 e. The van der Waals surface area contributed by atoms with Crippen LogP contribution in [0.1, 0.15) is 18.4 Å². The molecule has 22 heavy (non-hydrogen) atoms. The van der Waals surface area contributed by atoms with Gasteiger partial charge in [0.05, 0.1) is 6.42 Å². The molecule has 1 aromatic carbocycles. The van der Waals surface area contributed by atoms with Gasteiger partial charge in [0, 0.05) is 6.42 Å². The molecule has 0 aliphatic rings. The molecule has 0 spiro atoms. The second kappa shape index (κ2) is 9.33. The van der Waals surface area contributed by atoms with Gasteiger partial charge < -0.3 is 15.2 Å². The van der Waals surface area contributed by atoms with Gasteiger partial charge in [0.1, 0.15) is 12.6 Å². The Morgan fingerprint density at radius 2 is 1.95 bits per heavy atom. The zero-order valence-corrected chi connectivity index (χ0v) is 12.2. The van der Waals surface area contributed by atoms with Crippen LogP contribution in [0.15, 0.2) is 43.0 Å². The third-order valence-electron chi connectivity index (χ3n) is 2.89. The standard InChI is InChI=1S/C16H19NO5/c1-2-10-22-16(21)17-13(11-15(19)20)14(18)9-8-12-6-4-3-5-7-12/h2-7,13H,1,8-11H2,(H,17,21)(H,19,20). The number of aryl methyl sites for hydroxylation is 1. The number of carboxylic acids is 1. The van der Waals surface area contributed by atoms with Crippen molar-refractivity contribution in [3.8, 4) is 0 Å². The summed E-state index contributed by atoms with van der Waals surface area (Å²) in [5.74, 6) is -1.51. The Bertz CT molecular complexity index is 527. The lowest BCUT2D eigenvalue weighted by Crippen LogP contribution is -2.42. The van der Waals surface area contributed by atoms with E-state index in [1.807, 2.05) is 30.3 Å². The molecule has 118 valence electrons. The molecule has 1 unspecified atom stereocenters. The highest BCUT2D eigenvalue weighted by Crippen LogP contribution is 2.06. The van der Waals surface area contributed by atoms with Crippen molar-refractivity contribution in [1.82, 2.24) is 5.32 Å². The smallest absolute Gasteiger partial charge is 0.408 e. The lowest BCUT2D eigenvalue weighted by atomic mass is 10.0. The van der Waals surface area contributed by atoms with E-state index < -0.39 is 24.5 Å². The van der Waals surface area contributed by atoms with Crippen LogP contribution >= 0.6 is 0 Å². The fraction of sp³-hybridized carbons (Fsp3) is 0.312. The van der Waals surface area contributed by atoms with Crippen LogP contribution in [0, 0.1) is 0 Å². The van der Waals surface area contributed by atoms with Crippen LogP contribution in [0.3, 0.4) is 0 Å². The van der Waals surface area contributed by atoms with E-state index in [1.54, 1.807) is 0 Å². The van der Waals surface area contributed by atoms with Gasteiger partial charge in [-0.2, -0.15) is 0 Å². The highest BCUT2D eigenvalue weighted by molar-refractivity contribution is 5.90. The van der Waals surface area contributed by atoms with Crippen molar-refractivity contribution in [3.05, 3.63) is 48.6 Å². The number of benzene rings is 1. The third-order valence-corrected chi connectivity index (χ3v) is 2.89. The van der Waals surface area contributed by atoms with Crippen LogP contribution < -0.4 is 5.32 Å². The first-order chi connectivity index (χ1) is 10.5. The van der Waals surface area contributed by atoms with E-state index in [4.69, 9.17) is 9.84 Å². The first kappa shape index (κ1) is 17.4. The second-order valence-corrected chi connectivity index (χ2v) is 4.63. The van der Waals surface area contributed by atoms with Gasteiger partial charge in [-0.15, -0.1) is 0 Å². The normalized spacial score (nSPS) is 11.3. The Morgan fingerprint density at radius 3 is 2.55 bits per heavy atom. The number of aliphatic carboxylic acids is 1. The number of carbonyl (C=O) groups is 3. The van der Waals surface area contributed by atoms with Crippen LogP contribution in [0.5, 0.6) is 0 Å². The van der Waals surface area contributed by atoms with Gasteiger partial charge in [-0.25, -0.2) is 4.79 Å². The number of amides is 1. The topological polar surface area (TPSA) is 92.7 Å². The van der Waals surface area contributed by atoms with E-state index >= 15 is 0 Å². The number of Topliss-reactive ketones (excluding diaryl/α,β-unsaturated/α-hetero) is 1. The number of carboxylic acid groups (broad SMARTS) is 1. The highest BCUT2D eigenvalue weighted by Gasteiger charge is 2.23. The molecule has 1 rings (SSSR count). The summed E-state index contributed by atoms with van der Waals surface area (Å²) in [6, 6.07) is 8.25. The number of ether oxygens (including phenoxy) is 1. The molecule has 6 heteroatoms. The molecule has 0 bridgehead atoms. The molecule has 2 N–H and O–H groups in total. The summed E-state index contributed by atoms with van der Waals surface area (Å²) in [7, 11) is 0. The molecule has 0 aliphatic carbocycles. The first-order valence-corrected chi connectivity index (χ1v) is 6.85.